The van der Waals surface area contributed by atoms with E-state index in [1.54, 1.807) is 0 Å². The molecule has 0 unspecified atom stereocenters. The number of aromatic nitrogens is 3. The zero-order chi connectivity index (χ0) is 18.0. The molecular weight excluding hydrogens is 328 g/mol. The molecule has 2 aliphatic rings. The van der Waals surface area contributed by atoms with E-state index in [2.05, 4.69) is 43.4 Å². The minimum atomic E-state index is -0.388. The number of nitrogens with zero attached hydrogens (tertiary/aromatic N) is 4. The van der Waals surface area contributed by atoms with Crippen molar-refractivity contribution in [2.24, 2.45) is 0 Å². The van der Waals surface area contributed by atoms with E-state index in [9.17, 15) is 4.79 Å². The third-order valence-electron chi connectivity index (χ3n) is 5.62. The van der Waals surface area contributed by atoms with Gasteiger partial charge in [-0.1, -0.05) is 12.1 Å². The van der Waals surface area contributed by atoms with E-state index in [0.29, 0.717) is 5.56 Å². The average molecular weight is 354 g/mol. The van der Waals surface area contributed by atoms with Crippen molar-refractivity contribution in [3.8, 4) is 0 Å². The van der Waals surface area contributed by atoms with Gasteiger partial charge in [-0.15, -0.1) is 0 Å². The van der Waals surface area contributed by atoms with Gasteiger partial charge in [0.05, 0.1) is 5.54 Å². The van der Waals surface area contributed by atoms with Crippen molar-refractivity contribution in [2.75, 3.05) is 33.2 Å². The van der Waals surface area contributed by atoms with Crippen molar-refractivity contribution in [3.63, 3.8) is 0 Å². The van der Waals surface area contributed by atoms with E-state index < -0.39 is 0 Å². The van der Waals surface area contributed by atoms with Crippen LogP contribution in [0.2, 0.25) is 0 Å². The van der Waals surface area contributed by atoms with Crippen molar-refractivity contribution in [1.29, 1.82) is 0 Å². The zero-order valence-electron chi connectivity index (χ0n) is 15.2. The fraction of sp³-hybridized carbons (Fsp3) is 0.526. The Balaban J connectivity index is 1.43. The largest absolute Gasteiger partial charge is 0.339 e. The number of carbonyl (C=O) groups is 1. The molecule has 1 aromatic carbocycles. The van der Waals surface area contributed by atoms with E-state index in [1.165, 1.54) is 11.9 Å². The Hall–Kier alpha value is -2.25. The van der Waals surface area contributed by atoms with Crippen LogP contribution in [0, 0.1) is 0 Å². The van der Waals surface area contributed by atoms with Crippen LogP contribution in [0.5, 0.6) is 0 Å². The monoisotopic (exact) mass is 354 g/mol. The van der Waals surface area contributed by atoms with Crippen molar-refractivity contribution < 1.29 is 4.79 Å². The molecule has 2 aromatic rings. The molecule has 1 amide bonds. The lowest BCUT2D eigenvalue weighted by Crippen LogP contribution is -2.51. The van der Waals surface area contributed by atoms with E-state index in [4.69, 9.17) is 0 Å². The van der Waals surface area contributed by atoms with Gasteiger partial charge in [-0.2, -0.15) is 5.10 Å². The van der Waals surface area contributed by atoms with E-state index in [0.717, 1.165) is 57.8 Å². The van der Waals surface area contributed by atoms with Crippen LogP contribution < -0.4 is 5.32 Å². The normalized spacial score (nSPS) is 20.5. The number of rotatable bonds is 5. The maximum Gasteiger partial charge on any atom is 0.252 e. The van der Waals surface area contributed by atoms with Gasteiger partial charge in [-0.05, 0) is 44.0 Å². The van der Waals surface area contributed by atoms with Gasteiger partial charge >= 0.3 is 0 Å². The molecule has 1 saturated heterocycles. The lowest BCUT2D eigenvalue weighted by molar-refractivity contribution is 0.0809. The third-order valence-corrected chi connectivity index (χ3v) is 5.62. The number of hydrogen-bond acceptors (Lipinski definition) is 5. The average Bonchev–Trinajstić information content (AvgIpc) is 3.15. The van der Waals surface area contributed by atoms with Gasteiger partial charge in [0.2, 0.25) is 0 Å². The first kappa shape index (κ1) is 17.2. The molecule has 1 saturated carbocycles. The first-order chi connectivity index (χ1) is 12.6. The number of piperazine rings is 1. The lowest BCUT2D eigenvalue weighted by atomic mass is 9.76. The van der Waals surface area contributed by atoms with Gasteiger partial charge in [0.25, 0.3) is 5.91 Å². The van der Waals surface area contributed by atoms with Crippen LogP contribution in [0.15, 0.2) is 30.6 Å². The topological polar surface area (TPSA) is 77.2 Å². The Morgan fingerprint density at radius 3 is 2.73 bits per heavy atom. The first-order valence-corrected chi connectivity index (χ1v) is 9.33. The second kappa shape index (κ2) is 7.17. The molecule has 0 spiro atoms. The highest BCUT2D eigenvalue weighted by atomic mass is 16.1. The standard InChI is InChI=1S/C19H26N6O/c1-24-8-10-25(11-9-24)13-15-4-2-5-16(12-15)17(26)22-19(6-3-7-19)18-20-14-21-23-18/h2,4-5,12,14H,3,6-11,13H2,1H3,(H,22,26)(H,20,21,23). The van der Waals surface area contributed by atoms with Crippen molar-refractivity contribution in [3.05, 3.63) is 47.5 Å². The van der Waals surface area contributed by atoms with Crippen LogP contribution in [0.25, 0.3) is 0 Å². The highest BCUT2D eigenvalue weighted by Crippen LogP contribution is 2.39. The van der Waals surface area contributed by atoms with Gasteiger partial charge in [-0.25, -0.2) is 4.98 Å². The summed E-state index contributed by atoms with van der Waals surface area (Å²) in [6.07, 6.45) is 4.38. The molecule has 26 heavy (non-hydrogen) atoms. The summed E-state index contributed by atoms with van der Waals surface area (Å²) in [6.45, 7) is 5.23. The summed E-state index contributed by atoms with van der Waals surface area (Å²) < 4.78 is 0. The Bertz CT molecular complexity index is 747. The van der Waals surface area contributed by atoms with Crippen molar-refractivity contribution in [1.82, 2.24) is 30.3 Å². The number of nitrogens with one attached hydrogen (secondary N) is 2. The summed E-state index contributed by atoms with van der Waals surface area (Å²) in [4.78, 5) is 21.9. The van der Waals surface area contributed by atoms with Crippen LogP contribution in [0.4, 0.5) is 0 Å². The predicted molar refractivity (Wildman–Crippen MR) is 98.6 cm³/mol. The summed E-state index contributed by atoms with van der Waals surface area (Å²) in [5.74, 6) is 0.715. The number of amides is 1. The van der Waals surface area contributed by atoms with Gasteiger partial charge < -0.3 is 10.2 Å². The molecule has 7 heteroatoms. The minimum absolute atomic E-state index is 0.0404. The summed E-state index contributed by atoms with van der Waals surface area (Å²) in [5.41, 5.74) is 1.51. The highest BCUT2D eigenvalue weighted by Gasteiger charge is 2.42. The number of benzene rings is 1. The number of likely N-dealkylation sites (N-methyl/N-ethyl adjacent to an activating group) is 1. The molecule has 2 N–H and O–H groups in total. The maximum atomic E-state index is 12.8. The number of carbonyl (C=O) groups excluding carboxylic acids is 1. The fourth-order valence-corrected chi connectivity index (χ4v) is 3.75. The van der Waals surface area contributed by atoms with E-state index >= 15 is 0 Å². The van der Waals surface area contributed by atoms with Gasteiger partial charge in [-0.3, -0.25) is 14.8 Å². The second-order valence-electron chi connectivity index (χ2n) is 7.50. The predicted octanol–water partition coefficient (Wildman–Crippen LogP) is 1.36. The summed E-state index contributed by atoms with van der Waals surface area (Å²) in [6, 6.07) is 7.98. The Labute approximate surface area is 153 Å². The molecule has 0 bridgehead atoms. The summed E-state index contributed by atoms with van der Waals surface area (Å²) in [5, 5.41) is 10.0. The lowest BCUT2D eigenvalue weighted by Gasteiger charge is -2.40. The molecule has 4 rings (SSSR count). The molecular formula is C19H26N6O. The van der Waals surface area contributed by atoms with E-state index in [-0.39, 0.29) is 11.4 Å². The molecule has 1 aliphatic carbocycles. The molecule has 0 radical (unpaired) electrons. The van der Waals surface area contributed by atoms with Crippen LogP contribution in [0.3, 0.4) is 0 Å². The van der Waals surface area contributed by atoms with Crippen molar-refractivity contribution >= 4 is 5.91 Å². The number of H-pyrrole nitrogens is 1. The van der Waals surface area contributed by atoms with Crippen LogP contribution in [-0.2, 0) is 12.1 Å². The highest BCUT2D eigenvalue weighted by molar-refractivity contribution is 5.95. The molecule has 138 valence electrons. The van der Waals surface area contributed by atoms with E-state index in [1.807, 2.05) is 18.2 Å². The Kier molecular flexibility index (Phi) is 4.74. The molecule has 7 nitrogen and oxygen atoms in total. The Morgan fingerprint density at radius 2 is 2.08 bits per heavy atom. The Morgan fingerprint density at radius 1 is 1.27 bits per heavy atom. The van der Waals surface area contributed by atoms with Crippen LogP contribution in [-0.4, -0.2) is 64.1 Å². The quantitative estimate of drug-likeness (QED) is 0.848. The van der Waals surface area contributed by atoms with Gasteiger partial charge in [0.15, 0.2) is 0 Å². The van der Waals surface area contributed by atoms with Gasteiger partial charge in [0.1, 0.15) is 12.2 Å². The second-order valence-corrected chi connectivity index (χ2v) is 7.50. The molecule has 2 fully saturated rings. The number of hydrogen-bond donors (Lipinski definition) is 2. The zero-order valence-corrected chi connectivity index (χ0v) is 15.2. The summed E-state index contributed by atoms with van der Waals surface area (Å²) >= 11 is 0. The molecule has 1 aliphatic heterocycles. The van der Waals surface area contributed by atoms with Crippen LogP contribution >= 0.6 is 0 Å². The molecule has 1 aromatic heterocycles. The third kappa shape index (κ3) is 3.50. The molecule has 2 heterocycles. The number of aromatic amines is 1. The fourth-order valence-electron chi connectivity index (χ4n) is 3.75. The summed E-state index contributed by atoms with van der Waals surface area (Å²) in [7, 11) is 2.16. The SMILES string of the molecule is CN1CCN(Cc2cccc(C(=O)NC3(c4ncn[nH]4)CCC3)c2)CC1. The van der Waals surface area contributed by atoms with Crippen LogP contribution in [0.1, 0.15) is 41.0 Å². The smallest absolute Gasteiger partial charge is 0.252 e. The van der Waals surface area contributed by atoms with Crippen molar-refractivity contribution in [2.45, 2.75) is 31.3 Å². The maximum absolute atomic E-state index is 12.8. The van der Waals surface area contributed by atoms with Gasteiger partial charge in [0, 0.05) is 38.3 Å². The minimum Gasteiger partial charge on any atom is -0.339 e. The molecule has 0 atom stereocenters. The first-order valence-electron chi connectivity index (χ1n) is 9.33.